The first-order valence-electron chi connectivity index (χ1n) is 5.74. The Hall–Kier alpha value is -2.15. The number of hydrogen-bond acceptors (Lipinski definition) is 4. The molecule has 1 aromatic heterocycles. The first-order valence-corrected chi connectivity index (χ1v) is 5.74. The highest BCUT2D eigenvalue weighted by Gasteiger charge is 2.08. The molecule has 1 aromatic rings. The normalized spacial score (nSPS) is 10.2. The lowest BCUT2D eigenvalue weighted by Gasteiger charge is -2.07. The summed E-state index contributed by atoms with van der Waals surface area (Å²) in [5, 5.41) is 11.4. The highest BCUT2D eigenvalue weighted by Crippen LogP contribution is 1.95. The van der Waals surface area contributed by atoms with Crippen LogP contribution in [0.5, 0.6) is 0 Å². The van der Waals surface area contributed by atoms with E-state index in [0.29, 0.717) is 19.6 Å². The van der Waals surface area contributed by atoms with E-state index in [-0.39, 0.29) is 18.0 Å². The van der Waals surface area contributed by atoms with Crippen molar-refractivity contribution < 1.29 is 19.4 Å². The zero-order valence-electron chi connectivity index (χ0n) is 10.6. The Bertz CT molecular complexity index is 509. The first-order chi connectivity index (χ1) is 9.04. The number of aromatic carboxylic acids is 1. The lowest BCUT2D eigenvalue weighted by Crippen LogP contribution is -2.33. The Morgan fingerprint density at radius 2 is 2.16 bits per heavy atom. The second-order valence-electron chi connectivity index (χ2n) is 3.89. The van der Waals surface area contributed by atoms with Gasteiger partial charge >= 0.3 is 5.97 Å². The van der Waals surface area contributed by atoms with Gasteiger partial charge in [-0.2, -0.15) is 0 Å². The number of hydrogen-bond donors (Lipinski definition) is 2. The largest absolute Gasteiger partial charge is 0.478 e. The van der Waals surface area contributed by atoms with Gasteiger partial charge in [0.2, 0.25) is 5.91 Å². The molecule has 0 saturated carbocycles. The summed E-state index contributed by atoms with van der Waals surface area (Å²) in [6.45, 7) is 0.779. The third-order valence-corrected chi connectivity index (χ3v) is 2.39. The molecule has 0 radical (unpaired) electrons. The summed E-state index contributed by atoms with van der Waals surface area (Å²) in [7, 11) is 1.57. The van der Waals surface area contributed by atoms with Crippen LogP contribution in [0.2, 0.25) is 0 Å². The molecular weight excluding hydrogens is 252 g/mol. The van der Waals surface area contributed by atoms with Crippen LogP contribution in [0.1, 0.15) is 16.8 Å². The molecule has 2 N–H and O–H groups in total. The molecule has 7 nitrogen and oxygen atoms in total. The van der Waals surface area contributed by atoms with Crippen molar-refractivity contribution in [3.63, 3.8) is 0 Å². The van der Waals surface area contributed by atoms with Gasteiger partial charge in [-0.05, 0) is 12.5 Å². The van der Waals surface area contributed by atoms with E-state index in [0.717, 1.165) is 16.8 Å². The van der Waals surface area contributed by atoms with Gasteiger partial charge in [0.1, 0.15) is 6.54 Å². The van der Waals surface area contributed by atoms with Crippen molar-refractivity contribution in [3.05, 3.63) is 34.2 Å². The molecule has 1 heterocycles. The molecule has 1 rings (SSSR count). The summed E-state index contributed by atoms with van der Waals surface area (Å²) in [5.74, 6) is -1.49. The van der Waals surface area contributed by atoms with Gasteiger partial charge < -0.3 is 19.7 Å². The quantitative estimate of drug-likeness (QED) is 0.662. The molecule has 7 heteroatoms. The number of rotatable bonds is 7. The minimum atomic E-state index is -1.14. The number of carboxylic acids is 1. The van der Waals surface area contributed by atoms with E-state index in [2.05, 4.69) is 5.32 Å². The fourth-order valence-corrected chi connectivity index (χ4v) is 1.44. The van der Waals surface area contributed by atoms with Crippen molar-refractivity contribution in [1.29, 1.82) is 0 Å². The van der Waals surface area contributed by atoms with Crippen molar-refractivity contribution in [3.8, 4) is 0 Å². The molecular formula is C12H16N2O5. The fourth-order valence-electron chi connectivity index (χ4n) is 1.44. The Labute approximate surface area is 109 Å². The molecule has 0 aliphatic rings. The van der Waals surface area contributed by atoms with Crippen molar-refractivity contribution in [1.82, 2.24) is 9.88 Å². The van der Waals surface area contributed by atoms with E-state index in [4.69, 9.17) is 9.84 Å². The molecule has 0 fully saturated rings. The maximum Gasteiger partial charge on any atom is 0.337 e. The van der Waals surface area contributed by atoms with Crippen LogP contribution in [0.4, 0.5) is 0 Å². The van der Waals surface area contributed by atoms with E-state index in [9.17, 15) is 14.4 Å². The van der Waals surface area contributed by atoms with Gasteiger partial charge in [0.05, 0.1) is 5.56 Å². The van der Waals surface area contributed by atoms with Crippen LogP contribution in [0.15, 0.2) is 23.1 Å². The molecule has 104 valence electrons. The number of carbonyl (C=O) groups is 2. The second kappa shape index (κ2) is 7.32. The molecule has 0 spiro atoms. The SMILES string of the molecule is COCCCNC(=O)Cn1cc(C(=O)O)ccc1=O. The standard InChI is InChI=1S/C12H16N2O5/c1-19-6-2-5-13-10(15)8-14-7-9(12(17)18)3-4-11(14)16/h3-4,7H,2,5-6,8H2,1H3,(H,13,15)(H,17,18). The average molecular weight is 268 g/mol. The predicted molar refractivity (Wildman–Crippen MR) is 67.2 cm³/mol. The lowest BCUT2D eigenvalue weighted by molar-refractivity contribution is -0.121. The number of amides is 1. The van der Waals surface area contributed by atoms with E-state index >= 15 is 0 Å². The van der Waals surface area contributed by atoms with Gasteiger partial charge in [0.15, 0.2) is 0 Å². The van der Waals surface area contributed by atoms with Crippen LogP contribution in [0.25, 0.3) is 0 Å². The summed E-state index contributed by atoms with van der Waals surface area (Å²) in [6, 6.07) is 2.33. The minimum Gasteiger partial charge on any atom is -0.478 e. The molecule has 19 heavy (non-hydrogen) atoms. The van der Waals surface area contributed by atoms with E-state index in [1.807, 2.05) is 0 Å². The third-order valence-electron chi connectivity index (χ3n) is 2.39. The highest BCUT2D eigenvalue weighted by molar-refractivity contribution is 5.87. The van der Waals surface area contributed by atoms with Crippen LogP contribution in [0.3, 0.4) is 0 Å². The molecule has 0 aliphatic heterocycles. The number of ether oxygens (including phenoxy) is 1. The van der Waals surface area contributed by atoms with Crippen LogP contribution >= 0.6 is 0 Å². The Morgan fingerprint density at radius 3 is 2.79 bits per heavy atom. The fraction of sp³-hybridized carbons (Fsp3) is 0.417. The lowest BCUT2D eigenvalue weighted by atomic mass is 10.3. The van der Waals surface area contributed by atoms with Crippen LogP contribution in [-0.2, 0) is 16.1 Å². The summed E-state index contributed by atoms with van der Waals surface area (Å²) in [6.07, 6.45) is 1.83. The van der Waals surface area contributed by atoms with Crippen LogP contribution < -0.4 is 10.9 Å². The summed E-state index contributed by atoms with van der Waals surface area (Å²) < 4.78 is 5.90. The summed E-state index contributed by atoms with van der Waals surface area (Å²) in [4.78, 5) is 33.8. The maximum absolute atomic E-state index is 11.5. The smallest absolute Gasteiger partial charge is 0.337 e. The number of nitrogens with one attached hydrogen (secondary N) is 1. The van der Waals surface area contributed by atoms with Gasteiger partial charge in [0.25, 0.3) is 5.56 Å². The van der Waals surface area contributed by atoms with Gasteiger partial charge in [-0.15, -0.1) is 0 Å². The Morgan fingerprint density at radius 1 is 1.42 bits per heavy atom. The molecule has 0 saturated heterocycles. The zero-order chi connectivity index (χ0) is 14.3. The molecule has 0 unspecified atom stereocenters. The minimum absolute atomic E-state index is 0.0354. The maximum atomic E-state index is 11.5. The van der Waals surface area contributed by atoms with Crippen LogP contribution in [-0.4, -0.2) is 41.8 Å². The molecule has 0 aromatic carbocycles. The molecule has 1 amide bonds. The van der Waals surface area contributed by atoms with E-state index < -0.39 is 11.5 Å². The Kier molecular flexibility index (Phi) is 5.74. The van der Waals surface area contributed by atoms with Crippen molar-refractivity contribution in [2.24, 2.45) is 0 Å². The van der Waals surface area contributed by atoms with Gasteiger partial charge in [-0.1, -0.05) is 0 Å². The average Bonchev–Trinajstić information content (AvgIpc) is 2.37. The number of methoxy groups -OCH3 is 1. The number of carbonyl (C=O) groups excluding carboxylic acids is 1. The number of aromatic nitrogens is 1. The second-order valence-corrected chi connectivity index (χ2v) is 3.89. The first kappa shape index (κ1) is 14.9. The number of nitrogens with zero attached hydrogens (tertiary/aromatic N) is 1. The summed E-state index contributed by atoms with van der Waals surface area (Å²) >= 11 is 0. The van der Waals surface area contributed by atoms with E-state index in [1.54, 1.807) is 7.11 Å². The summed E-state index contributed by atoms with van der Waals surface area (Å²) in [5.41, 5.74) is -0.455. The highest BCUT2D eigenvalue weighted by atomic mass is 16.5. The molecule has 0 bridgehead atoms. The predicted octanol–water partition coefficient (Wildman–Crippen LogP) is -0.301. The Balaban J connectivity index is 2.61. The third kappa shape index (κ3) is 4.92. The van der Waals surface area contributed by atoms with Crippen molar-refractivity contribution >= 4 is 11.9 Å². The van der Waals surface area contributed by atoms with Gasteiger partial charge in [-0.3, -0.25) is 9.59 Å². The number of pyridine rings is 1. The van der Waals surface area contributed by atoms with Crippen LogP contribution in [0, 0.1) is 0 Å². The topological polar surface area (TPSA) is 97.6 Å². The number of carboxylic acid groups (broad SMARTS) is 1. The zero-order valence-corrected chi connectivity index (χ0v) is 10.6. The van der Waals surface area contributed by atoms with Crippen molar-refractivity contribution in [2.45, 2.75) is 13.0 Å². The monoisotopic (exact) mass is 268 g/mol. The molecule has 0 atom stereocenters. The molecule has 0 aliphatic carbocycles. The van der Waals surface area contributed by atoms with E-state index in [1.165, 1.54) is 6.07 Å². The van der Waals surface area contributed by atoms with Gasteiger partial charge in [-0.25, -0.2) is 4.79 Å². The van der Waals surface area contributed by atoms with Crippen molar-refractivity contribution in [2.75, 3.05) is 20.3 Å². The van der Waals surface area contributed by atoms with Gasteiger partial charge in [0, 0.05) is 32.5 Å².